The smallest absolute Gasteiger partial charge is 0.251 e. The lowest BCUT2D eigenvalue weighted by Crippen LogP contribution is -2.31. The molecule has 0 saturated heterocycles. The summed E-state index contributed by atoms with van der Waals surface area (Å²) < 4.78 is 12.4. The van der Waals surface area contributed by atoms with E-state index in [1.54, 1.807) is 61.3 Å². The van der Waals surface area contributed by atoms with E-state index in [2.05, 4.69) is 20.8 Å². The molecule has 198 valence electrons. The maximum atomic E-state index is 13.0. The van der Waals surface area contributed by atoms with Gasteiger partial charge in [-0.05, 0) is 67.8 Å². The Balaban J connectivity index is 1.72. The van der Waals surface area contributed by atoms with Gasteiger partial charge in [0.15, 0.2) is 11.0 Å². The number of carbonyl (C=O) groups excluding carboxylic acids is 2. The Morgan fingerprint density at radius 2 is 1.86 bits per heavy atom. The first-order valence-corrected chi connectivity index (χ1v) is 14.3. The minimum atomic E-state index is -0.339. The number of anilines is 1. The third-order valence-electron chi connectivity index (χ3n) is 5.41. The van der Waals surface area contributed by atoms with Crippen LogP contribution in [0, 0.1) is 0 Å². The second-order valence-electron chi connectivity index (χ2n) is 7.80. The van der Waals surface area contributed by atoms with E-state index in [1.165, 1.54) is 18.9 Å². The van der Waals surface area contributed by atoms with Gasteiger partial charge in [-0.25, -0.2) is 0 Å². The highest BCUT2D eigenvalue weighted by Gasteiger charge is 2.23. The number of thioether (sulfide) groups is 2. The first kappa shape index (κ1) is 28.7. The molecule has 0 spiro atoms. The second-order valence-corrected chi connectivity index (χ2v) is 10.2. The Bertz CT molecular complexity index is 1210. The predicted molar refractivity (Wildman–Crippen MR) is 149 cm³/mol. The largest absolute Gasteiger partial charge is 0.497 e. The van der Waals surface area contributed by atoms with Crippen LogP contribution >= 0.6 is 35.1 Å². The maximum Gasteiger partial charge on any atom is 0.251 e. The number of benzene rings is 2. The molecule has 0 aliphatic rings. The molecule has 0 fully saturated rings. The van der Waals surface area contributed by atoms with E-state index in [4.69, 9.17) is 21.1 Å². The predicted octanol–water partition coefficient (Wildman–Crippen LogP) is 4.92. The lowest BCUT2D eigenvalue weighted by Gasteiger charge is -2.19. The summed E-state index contributed by atoms with van der Waals surface area (Å²) in [6.07, 6.45) is 2.70. The number of rotatable bonds is 13. The summed E-state index contributed by atoms with van der Waals surface area (Å²) in [6.45, 7) is 2.56. The molecule has 0 bridgehead atoms. The van der Waals surface area contributed by atoms with Crippen LogP contribution in [0.2, 0.25) is 5.02 Å². The molecule has 12 heteroatoms. The van der Waals surface area contributed by atoms with Gasteiger partial charge in [0.25, 0.3) is 5.91 Å². The maximum absolute atomic E-state index is 13.0. The minimum Gasteiger partial charge on any atom is -0.497 e. The van der Waals surface area contributed by atoms with Crippen molar-refractivity contribution in [2.45, 2.75) is 31.1 Å². The van der Waals surface area contributed by atoms with Crippen molar-refractivity contribution in [1.29, 1.82) is 0 Å². The molecule has 1 heterocycles. The lowest BCUT2D eigenvalue weighted by molar-refractivity contribution is -0.113. The quantitative estimate of drug-likeness (QED) is 0.282. The van der Waals surface area contributed by atoms with Crippen LogP contribution in [0.15, 0.2) is 47.6 Å². The summed E-state index contributed by atoms with van der Waals surface area (Å²) in [5.41, 5.74) is 1.02. The molecule has 0 saturated carbocycles. The van der Waals surface area contributed by atoms with Crippen LogP contribution in [-0.4, -0.2) is 58.6 Å². The zero-order valence-corrected chi connectivity index (χ0v) is 23.5. The fourth-order valence-electron chi connectivity index (χ4n) is 3.54. The minimum absolute atomic E-state index is 0.113. The van der Waals surface area contributed by atoms with Crippen molar-refractivity contribution in [1.82, 2.24) is 20.1 Å². The molecular formula is C25H30ClN5O4S2. The molecule has 1 aromatic heterocycles. The highest BCUT2D eigenvalue weighted by molar-refractivity contribution is 7.99. The fourth-order valence-corrected chi connectivity index (χ4v) is 4.99. The molecule has 1 atom stereocenters. The van der Waals surface area contributed by atoms with E-state index in [0.29, 0.717) is 51.7 Å². The highest BCUT2D eigenvalue weighted by atomic mass is 35.5. The summed E-state index contributed by atoms with van der Waals surface area (Å²) in [5, 5.41) is 15.7. The number of carbonyl (C=O) groups is 2. The van der Waals surface area contributed by atoms with Crippen molar-refractivity contribution in [3.8, 4) is 11.5 Å². The molecule has 2 aromatic carbocycles. The Morgan fingerprint density at radius 1 is 1.11 bits per heavy atom. The summed E-state index contributed by atoms with van der Waals surface area (Å²) in [5.74, 6) is 2.36. The Kier molecular flexibility index (Phi) is 11.0. The van der Waals surface area contributed by atoms with E-state index in [1.807, 2.05) is 17.7 Å². The van der Waals surface area contributed by atoms with E-state index in [9.17, 15) is 9.59 Å². The Morgan fingerprint density at radius 3 is 2.51 bits per heavy atom. The summed E-state index contributed by atoms with van der Waals surface area (Å²) >= 11 is 9.01. The van der Waals surface area contributed by atoms with Crippen molar-refractivity contribution in [3.05, 3.63) is 58.9 Å². The van der Waals surface area contributed by atoms with Gasteiger partial charge in [-0.3, -0.25) is 9.59 Å². The van der Waals surface area contributed by atoms with Crippen molar-refractivity contribution < 1.29 is 19.1 Å². The van der Waals surface area contributed by atoms with Gasteiger partial charge in [0.05, 0.1) is 31.7 Å². The average Bonchev–Trinajstić information content (AvgIpc) is 3.32. The molecule has 2 N–H and O–H groups in total. The molecule has 3 aromatic rings. The third-order valence-corrected chi connectivity index (χ3v) is 7.26. The van der Waals surface area contributed by atoms with Crippen LogP contribution in [0.25, 0.3) is 0 Å². The first-order chi connectivity index (χ1) is 17.9. The van der Waals surface area contributed by atoms with Gasteiger partial charge < -0.3 is 24.7 Å². The summed E-state index contributed by atoms with van der Waals surface area (Å²) in [6, 6.07) is 11.6. The molecule has 9 nitrogen and oxygen atoms in total. The van der Waals surface area contributed by atoms with E-state index >= 15 is 0 Å². The van der Waals surface area contributed by atoms with Gasteiger partial charge in [0, 0.05) is 17.1 Å². The normalized spacial score (nSPS) is 11.6. The average molecular weight is 564 g/mol. The Hall–Kier alpha value is -2.89. The van der Waals surface area contributed by atoms with Crippen LogP contribution in [-0.2, 0) is 11.3 Å². The molecule has 0 aliphatic heterocycles. The highest BCUT2D eigenvalue weighted by Crippen LogP contribution is 2.29. The monoisotopic (exact) mass is 563 g/mol. The summed E-state index contributed by atoms with van der Waals surface area (Å²) in [7, 11) is 3.11. The molecule has 0 radical (unpaired) electrons. The van der Waals surface area contributed by atoms with E-state index in [0.717, 1.165) is 5.75 Å². The van der Waals surface area contributed by atoms with Crippen molar-refractivity contribution in [2.75, 3.05) is 37.3 Å². The zero-order chi connectivity index (χ0) is 26.8. The number of nitrogens with one attached hydrogen (secondary N) is 2. The SMILES string of the molecule is CCn1c(SCC(=O)Nc2cc(Cl)ccc2OC)nnc1[C@@H](CCSC)NC(=O)c1ccc(OC)cc1. The first-order valence-electron chi connectivity index (χ1n) is 11.5. The fraction of sp³-hybridized carbons (Fsp3) is 0.360. The summed E-state index contributed by atoms with van der Waals surface area (Å²) in [4.78, 5) is 25.6. The van der Waals surface area contributed by atoms with Gasteiger partial charge in [-0.1, -0.05) is 23.4 Å². The van der Waals surface area contributed by atoms with E-state index < -0.39 is 0 Å². The van der Waals surface area contributed by atoms with E-state index in [-0.39, 0.29) is 23.6 Å². The van der Waals surface area contributed by atoms with Gasteiger partial charge in [-0.15, -0.1) is 10.2 Å². The molecule has 2 amide bonds. The van der Waals surface area contributed by atoms with Crippen LogP contribution in [0.4, 0.5) is 5.69 Å². The number of hydrogen-bond donors (Lipinski definition) is 2. The Labute approximate surface area is 230 Å². The topological polar surface area (TPSA) is 107 Å². The van der Waals surface area contributed by atoms with Gasteiger partial charge in [-0.2, -0.15) is 11.8 Å². The zero-order valence-electron chi connectivity index (χ0n) is 21.1. The van der Waals surface area contributed by atoms with Crippen molar-refractivity contribution in [2.24, 2.45) is 0 Å². The van der Waals surface area contributed by atoms with Gasteiger partial charge >= 0.3 is 0 Å². The number of hydrogen-bond acceptors (Lipinski definition) is 8. The number of ether oxygens (including phenoxy) is 2. The number of methoxy groups -OCH3 is 2. The van der Waals surface area contributed by atoms with Crippen LogP contribution in [0.1, 0.15) is 35.6 Å². The van der Waals surface area contributed by atoms with Crippen LogP contribution in [0.5, 0.6) is 11.5 Å². The van der Waals surface area contributed by atoms with Crippen molar-refractivity contribution in [3.63, 3.8) is 0 Å². The van der Waals surface area contributed by atoms with Gasteiger partial charge in [0.1, 0.15) is 11.5 Å². The molecule has 37 heavy (non-hydrogen) atoms. The lowest BCUT2D eigenvalue weighted by atomic mass is 10.1. The van der Waals surface area contributed by atoms with Crippen LogP contribution < -0.4 is 20.1 Å². The number of nitrogens with zero attached hydrogens (tertiary/aromatic N) is 3. The number of aromatic nitrogens is 3. The second kappa shape index (κ2) is 14.2. The molecule has 0 aliphatic carbocycles. The van der Waals surface area contributed by atoms with Crippen LogP contribution in [0.3, 0.4) is 0 Å². The standard InChI is InChI=1S/C25H30ClN5O4S2/c1-5-31-23(19(12-13-36-4)28-24(33)16-6-9-18(34-2)10-7-16)29-30-25(31)37-15-22(32)27-20-14-17(26)8-11-21(20)35-3/h6-11,14,19H,5,12-13,15H2,1-4H3,(H,27,32)(H,28,33)/t19-/m1/s1. The third kappa shape index (κ3) is 7.80. The molecule has 3 rings (SSSR count). The number of amides is 2. The number of halogens is 1. The van der Waals surface area contributed by atoms with Crippen molar-refractivity contribution >= 4 is 52.6 Å². The van der Waals surface area contributed by atoms with Gasteiger partial charge in [0.2, 0.25) is 5.91 Å². The molecular weight excluding hydrogens is 534 g/mol. The molecule has 0 unspecified atom stereocenters.